The van der Waals surface area contributed by atoms with Crippen molar-refractivity contribution in [1.29, 1.82) is 0 Å². The molecular formula is C23H31N5O6S. The molecule has 35 heavy (non-hydrogen) atoms. The number of nitrogens with zero attached hydrogens (tertiary/aromatic N) is 3. The number of carbonyl (C=O) groups excluding carboxylic acids is 2. The van der Waals surface area contributed by atoms with Gasteiger partial charge in [-0.2, -0.15) is 5.10 Å². The summed E-state index contributed by atoms with van der Waals surface area (Å²) in [7, 11) is -1.83. The molecule has 2 aromatic rings. The van der Waals surface area contributed by atoms with E-state index in [1.165, 1.54) is 16.0 Å². The van der Waals surface area contributed by atoms with Gasteiger partial charge in [-0.05, 0) is 63.8 Å². The second kappa shape index (κ2) is 9.76. The number of rotatable bonds is 6. The summed E-state index contributed by atoms with van der Waals surface area (Å²) in [4.78, 5) is 24.5. The number of anilines is 3. The van der Waals surface area contributed by atoms with E-state index in [0.717, 1.165) is 6.42 Å². The summed E-state index contributed by atoms with van der Waals surface area (Å²) in [5, 5.41) is 10.4. The van der Waals surface area contributed by atoms with Gasteiger partial charge >= 0.3 is 12.2 Å². The maximum absolute atomic E-state index is 12.6. The van der Waals surface area contributed by atoms with E-state index >= 15 is 0 Å². The normalized spacial score (nSPS) is 20.5. The average molecular weight is 506 g/mol. The molecular weight excluding hydrogens is 474 g/mol. The highest BCUT2D eigenvalue weighted by molar-refractivity contribution is 7.92. The zero-order valence-corrected chi connectivity index (χ0v) is 21.1. The fraction of sp³-hybridized carbons (Fsp3) is 0.522. The first-order valence-electron chi connectivity index (χ1n) is 11.7. The minimum absolute atomic E-state index is 0.00617. The smallest absolute Gasteiger partial charge is 0.436 e. The molecule has 1 aromatic heterocycles. The number of aromatic nitrogens is 2. The molecule has 2 N–H and O–H groups in total. The number of hydrogen-bond acceptors (Lipinski definition) is 8. The number of sulfonamides is 1. The minimum Gasteiger partial charge on any atom is -0.448 e. The number of fused-ring (bicyclic) bond motifs is 1. The van der Waals surface area contributed by atoms with Gasteiger partial charge in [-0.15, -0.1) is 4.68 Å². The largest absolute Gasteiger partial charge is 0.448 e. The lowest BCUT2D eigenvalue weighted by molar-refractivity contribution is 0.0981. The Morgan fingerprint density at radius 1 is 1.23 bits per heavy atom. The summed E-state index contributed by atoms with van der Waals surface area (Å²) >= 11 is 0. The molecule has 0 unspecified atom stereocenters. The number of nitrogens with one attached hydrogen (secondary N) is 2. The Kier molecular flexibility index (Phi) is 6.93. The van der Waals surface area contributed by atoms with Crippen LogP contribution in [-0.4, -0.2) is 56.2 Å². The minimum atomic E-state index is -3.36. The molecule has 4 rings (SSSR count). The predicted octanol–water partition coefficient (Wildman–Crippen LogP) is 3.68. The monoisotopic (exact) mass is 505 g/mol. The lowest BCUT2D eigenvalue weighted by Crippen LogP contribution is -2.33. The molecule has 1 aromatic carbocycles. The molecule has 0 bridgehead atoms. The Balaban J connectivity index is 1.53. The first kappa shape index (κ1) is 24.8. The molecule has 2 atom stereocenters. The van der Waals surface area contributed by atoms with Crippen molar-refractivity contribution in [2.24, 2.45) is 0 Å². The quantitative estimate of drug-likeness (QED) is 0.608. The Hall–Kier alpha value is -3.28. The lowest BCUT2D eigenvalue weighted by atomic mass is 10.0. The van der Waals surface area contributed by atoms with Gasteiger partial charge in [-0.25, -0.2) is 18.0 Å². The number of alkyl carbamates (subject to hydrolysis) is 1. The highest BCUT2D eigenvalue weighted by Crippen LogP contribution is 2.38. The third-order valence-corrected chi connectivity index (χ3v) is 7.81. The van der Waals surface area contributed by atoms with Crippen LogP contribution >= 0.6 is 0 Å². The maximum Gasteiger partial charge on any atom is 0.436 e. The van der Waals surface area contributed by atoms with Gasteiger partial charge in [-0.3, -0.25) is 4.31 Å². The third-order valence-electron chi connectivity index (χ3n) is 6.10. The SMILES string of the molecule is CCOC(=O)n1nc([C@H]2CC[C@@H](OC(=O)NC(C)C)C2)cc1Nc1ccc2c(c1)CS(=O)(=O)N2C. The summed E-state index contributed by atoms with van der Waals surface area (Å²) in [6.07, 6.45) is 0.799. The number of amides is 1. The molecule has 190 valence electrons. The van der Waals surface area contributed by atoms with Crippen molar-refractivity contribution in [3.63, 3.8) is 0 Å². The van der Waals surface area contributed by atoms with Crippen molar-refractivity contribution in [2.45, 2.75) is 63.9 Å². The lowest BCUT2D eigenvalue weighted by Gasteiger charge is -2.14. The van der Waals surface area contributed by atoms with E-state index in [1.807, 2.05) is 13.8 Å². The van der Waals surface area contributed by atoms with Crippen LogP contribution in [0.25, 0.3) is 0 Å². The van der Waals surface area contributed by atoms with Crippen molar-refractivity contribution < 1.29 is 27.5 Å². The Morgan fingerprint density at radius 2 is 2.00 bits per heavy atom. The Morgan fingerprint density at radius 3 is 2.71 bits per heavy atom. The summed E-state index contributed by atoms with van der Waals surface area (Å²) in [6.45, 7) is 5.65. The van der Waals surface area contributed by atoms with Gasteiger partial charge in [0, 0.05) is 30.8 Å². The number of ether oxygens (including phenoxy) is 2. The topological polar surface area (TPSA) is 132 Å². The average Bonchev–Trinajstić information content (AvgIpc) is 3.44. The summed E-state index contributed by atoms with van der Waals surface area (Å²) in [6, 6.07) is 7.02. The van der Waals surface area contributed by atoms with Crippen molar-refractivity contribution in [1.82, 2.24) is 15.1 Å². The predicted molar refractivity (Wildman–Crippen MR) is 131 cm³/mol. The van der Waals surface area contributed by atoms with Crippen LogP contribution < -0.4 is 14.9 Å². The third kappa shape index (κ3) is 5.37. The van der Waals surface area contributed by atoms with Crippen LogP contribution in [0.3, 0.4) is 0 Å². The first-order chi connectivity index (χ1) is 16.6. The molecule has 0 spiro atoms. The van der Waals surface area contributed by atoms with Gasteiger partial charge in [0.25, 0.3) is 0 Å². The molecule has 0 radical (unpaired) electrons. The van der Waals surface area contributed by atoms with Gasteiger partial charge in [0.2, 0.25) is 10.0 Å². The standard InChI is InChI=1S/C23H31N5O6S/c1-5-33-23(30)28-21(25-17-7-9-20-16(10-17)13-35(31,32)27(20)4)12-19(26-28)15-6-8-18(11-15)34-22(29)24-14(2)3/h7,9-10,12,14-15,18,25H,5-6,8,11,13H2,1-4H3,(H,24,29)/t15-,18+/m0/s1. The Labute approximate surface area is 204 Å². The van der Waals surface area contributed by atoms with E-state index in [2.05, 4.69) is 15.7 Å². The zero-order valence-electron chi connectivity index (χ0n) is 20.3. The van der Waals surface area contributed by atoms with E-state index in [-0.39, 0.29) is 30.4 Å². The molecule has 1 aliphatic carbocycles. The number of hydrogen-bond donors (Lipinski definition) is 2. The fourth-order valence-electron chi connectivity index (χ4n) is 4.43. The van der Waals surface area contributed by atoms with E-state index in [0.29, 0.717) is 41.3 Å². The molecule has 1 aliphatic heterocycles. The molecule has 1 fully saturated rings. The van der Waals surface area contributed by atoms with Gasteiger partial charge in [0.05, 0.1) is 23.7 Å². The van der Waals surface area contributed by atoms with Crippen LogP contribution in [-0.2, 0) is 25.2 Å². The van der Waals surface area contributed by atoms with E-state index in [1.54, 1.807) is 31.2 Å². The Bertz CT molecular complexity index is 1220. The molecule has 12 heteroatoms. The molecule has 11 nitrogen and oxygen atoms in total. The maximum atomic E-state index is 12.6. The number of benzene rings is 1. The van der Waals surface area contributed by atoms with E-state index < -0.39 is 22.2 Å². The molecule has 2 heterocycles. The summed E-state index contributed by atoms with van der Waals surface area (Å²) < 4.78 is 37.5. The summed E-state index contributed by atoms with van der Waals surface area (Å²) in [5.74, 6) is 0.348. The van der Waals surface area contributed by atoms with Crippen LogP contribution in [0.15, 0.2) is 24.3 Å². The van der Waals surface area contributed by atoms with Crippen LogP contribution in [0.4, 0.5) is 26.8 Å². The van der Waals surface area contributed by atoms with Crippen molar-refractivity contribution in [3.8, 4) is 0 Å². The highest BCUT2D eigenvalue weighted by Gasteiger charge is 2.32. The van der Waals surface area contributed by atoms with Crippen LogP contribution in [0.1, 0.15) is 57.2 Å². The van der Waals surface area contributed by atoms with E-state index in [9.17, 15) is 18.0 Å². The molecule has 1 amide bonds. The highest BCUT2D eigenvalue weighted by atomic mass is 32.2. The second-order valence-electron chi connectivity index (χ2n) is 9.09. The fourth-order valence-corrected chi connectivity index (χ4v) is 5.72. The van der Waals surface area contributed by atoms with Crippen LogP contribution in [0, 0.1) is 0 Å². The second-order valence-corrected chi connectivity index (χ2v) is 11.1. The van der Waals surface area contributed by atoms with Gasteiger partial charge in [0.15, 0.2) is 0 Å². The van der Waals surface area contributed by atoms with Gasteiger partial charge in [0.1, 0.15) is 11.9 Å². The molecule has 0 saturated heterocycles. The first-order valence-corrected chi connectivity index (χ1v) is 13.3. The van der Waals surface area contributed by atoms with Crippen LogP contribution in [0.5, 0.6) is 0 Å². The van der Waals surface area contributed by atoms with Gasteiger partial charge < -0.3 is 20.1 Å². The summed E-state index contributed by atoms with van der Waals surface area (Å²) in [5.41, 5.74) is 2.63. The zero-order chi connectivity index (χ0) is 25.3. The number of carbonyl (C=O) groups is 2. The molecule has 1 saturated carbocycles. The van der Waals surface area contributed by atoms with Crippen molar-refractivity contribution in [2.75, 3.05) is 23.3 Å². The van der Waals surface area contributed by atoms with Crippen LogP contribution in [0.2, 0.25) is 0 Å². The van der Waals surface area contributed by atoms with Crippen molar-refractivity contribution in [3.05, 3.63) is 35.5 Å². The van der Waals surface area contributed by atoms with E-state index in [4.69, 9.17) is 9.47 Å². The molecule has 2 aliphatic rings. The van der Waals surface area contributed by atoms with Crippen molar-refractivity contribution >= 4 is 39.4 Å². The van der Waals surface area contributed by atoms with Gasteiger partial charge in [-0.1, -0.05) is 0 Å².